The monoisotopic (exact) mass is 384 g/mol. The van der Waals surface area contributed by atoms with Crippen molar-refractivity contribution in [1.29, 1.82) is 0 Å². The molecule has 0 atom stereocenters. The molecule has 0 spiro atoms. The van der Waals surface area contributed by atoms with E-state index >= 15 is 0 Å². The normalized spacial score (nSPS) is 10.4. The average Bonchev–Trinajstić information content (AvgIpc) is 2.69. The molecule has 2 aromatic carbocycles. The molecule has 2 N–H and O–H groups in total. The molecule has 3 aromatic rings. The number of rotatable bonds is 7. The molecule has 0 fully saturated rings. The van der Waals surface area contributed by atoms with Crippen LogP contribution in [0.5, 0.6) is 0 Å². The summed E-state index contributed by atoms with van der Waals surface area (Å²) in [5.41, 5.74) is 1.67. The SMILES string of the molecule is O=C(NCc1ccccc1Cl)c1ccnc(NCCc2ccccc2F)n1. The summed E-state index contributed by atoms with van der Waals surface area (Å²) in [5, 5.41) is 6.38. The number of anilines is 1. The van der Waals surface area contributed by atoms with E-state index in [0.29, 0.717) is 36.0 Å². The molecule has 0 saturated heterocycles. The van der Waals surface area contributed by atoms with Gasteiger partial charge in [-0.1, -0.05) is 48.0 Å². The maximum Gasteiger partial charge on any atom is 0.270 e. The summed E-state index contributed by atoms with van der Waals surface area (Å²) >= 11 is 6.08. The lowest BCUT2D eigenvalue weighted by atomic mass is 10.1. The largest absolute Gasteiger partial charge is 0.354 e. The van der Waals surface area contributed by atoms with E-state index in [1.165, 1.54) is 18.3 Å². The van der Waals surface area contributed by atoms with Crippen molar-refractivity contribution in [3.8, 4) is 0 Å². The third-order valence-electron chi connectivity index (χ3n) is 3.92. The van der Waals surface area contributed by atoms with Crippen molar-refractivity contribution in [1.82, 2.24) is 15.3 Å². The molecule has 0 radical (unpaired) electrons. The highest BCUT2D eigenvalue weighted by atomic mass is 35.5. The Bertz CT molecular complexity index is 935. The fourth-order valence-corrected chi connectivity index (χ4v) is 2.69. The van der Waals surface area contributed by atoms with Crippen molar-refractivity contribution in [3.05, 3.63) is 88.5 Å². The lowest BCUT2D eigenvalue weighted by Gasteiger charge is -2.08. The van der Waals surface area contributed by atoms with Gasteiger partial charge in [-0.2, -0.15) is 0 Å². The Morgan fingerprint density at radius 2 is 1.78 bits per heavy atom. The quantitative estimate of drug-likeness (QED) is 0.649. The molecule has 0 aliphatic carbocycles. The van der Waals surface area contributed by atoms with Crippen molar-refractivity contribution in [2.45, 2.75) is 13.0 Å². The van der Waals surface area contributed by atoms with Gasteiger partial charge in [-0.15, -0.1) is 0 Å². The Labute approximate surface area is 161 Å². The van der Waals surface area contributed by atoms with E-state index in [4.69, 9.17) is 11.6 Å². The number of carbonyl (C=O) groups is 1. The smallest absolute Gasteiger partial charge is 0.270 e. The predicted octanol–water partition coefficient (Wildman–Crippen LogP) is 3.85. The number of amides is 1. The van der Waals surface area contributed by atoms with Crippen LogP contribution in [0.15, 0.2) is 60.8 Å². The molecule has 138 valence electrons. The van der Waals surface area contributed by atoms with Gasteiger partial charge in [0.25, 0.3) is 5.91 Å². The van der Waals surface area contributed by atoms with Gasteiger partial charge in [0.15, 0.2) is 0 Å². The molecule has 27 heavy (non-hydrogen) atoms. The van der Waals surface area contributed by atoms with E-state index in [1.807, 2.05) is 18.2 Å². The van der Waals surface area contributed by atoms with E-state index in [0.717, 1.165) is 5.56 Å². The molecule has 1 amide bonds. The van der Waals surface area contributed by atoms with Gasteiger partial charge in [0.1, 0.15) is 11.5 Å². The molecule has 0 bridgehead atoms. The minimum absolute atomic E-state index is 0.241. The van der Waals surface area contributed by atoms with Crippen molar-refractivity contribution < 1.29 is 9.18 Å². The zero-order chi connectivity index (χ0) is 19.1. The van der Waals surface area contributed by atoms with Crippen LogP contribution in [0, 0.1) is 5.82 Å². The Kier molecular flexibility index (Phi) is 6.33. The number of hydrogen-bond donors (Lipinski definition) is 2. The number of aromatic nitrogens is 2. The van der Waals surface area contributed by atoms with E-state index in [9.17, 15) is 9.18 Å². The van der Waals surface area contributed by atoms with E-state index < -0.39 is 0 Å². The van der Waals surface area contributed by atoms with Gasteiger partial charge < -0.3 is 10.6 Å². The molecule has 0 unspecified atom stereocenters. The second-order valence-electron chi connectivity index (χ2n) is 5.81. The van der Waals surface area contributed by atoms with Crippen molar-refractivity contribution in [2.75, 3.05) is 11.9 Å². The molecule has 3 rings (SSSR count). The molecule has 0 aliphatic rings. The third kappa shape index (κ3) is 5.24. The van der Waals surface area contributed by atoms with Crippen LogP contribution in [-0.4, -0.2) is 22.4 Å². The van der Waals surface area contributed by atoms with Crippen molar-refractivity contribution >= 4 is 23.5 Å². The second kappa shape index (κ2) is 9.09. The predicted molar refractivity (Wildman–Crippen MR) is 103 cm³/mol. The molecule has 1 aromatic heterocycles. The summed E-state index contributed by atoms with van der Waals surface area (Å²) in [7, 11) is 0. The summed E-state index contributed by atoms with van der Waals surface area (Å²) in [6.07, 6.45) is 1.99. The molecule has 0 aliphatic heterocycles. The molecule has 5 nitrogen and oxygen atoms in total. The lowest BCUT2D eigenvalue weighted by Crippen LogP contribution is -2.24. The Morgan fingerprint density at radius 3 is 2.56 bits per heavy atom. The van der Waals surface area contributed by atoms with E-state index in [1.54, 1.807) is 24.3 Å². The van der Waals surface area contributed by atoms with Crippen LogP contribution in [0.2, 0.25) is 5.02 Å². The van der Waals surface area contributed by atoms with Crippen LogP contribution in [-0.2, 0) is 13.0 Å². The number of carbonyl (C=O) groups excluding carboxylic acids is 1. The Hall–Kier alpha value is -2.99. The number of nitrogens with zero attached hydrogens (tertiary/aromatic N) is 2. The highest BCUT2D eigenvalue weighted by Gasteiger charge is 2.10. The maximum absolute atomic E-state index is 13.6. The van der Waals surface area contributed by atoms with Crippen LogP contribution >= 0.6 is 11.6 Å². The Morgan fingerprint density at radius 1 is 1.04 bits per heavy atom. The topological polar surface area (TPSA) is 66.9 Å². The van der Waals surface area contributed by atoms with E-state index in [-0.39, 0.29) is 17.4 Å². The van der Waals surface area contributed by atoms with E-state index in [2.05, 4.69) is 20.6 Å². The van der Waals surface area contributed by atoms with Gasteiger partial charge in [0, 0.05) is 24.3 Å². The second-order valence-corrected chi connectivity index (χ2v) is 6.21. The molecule has 7 heteroatoms. The first-order valence-electron chi connectivity index (χ1n) is 8.45. The summed E-state index contributed by atoms with van der Waals surface area (Å²) in [4.78, 5) is 20.6. The van der Waals surface area contributed by atoms with Gasteiger partial charge in [-0.3, -0.25) is 4.79 Å². The summed E-state index contributed by atoms with van der Waals surface area (Å²) in [5.74, 6) is -0.251. The standard InChI is InChI=1S/C20H18ClFN4O/c21-16-7-3-1-6-15(16)13-25-19(27)18-10-12-24-20(26-18)23-11-9-14-5-2-4-8-17(14)22/h1-8,10,12H,9,11,13H2,(H,25,27)(H,23,24,26). The third-order valence-corrected chi connectivity index (χ3v) is 4.29. The number of nitrogens with one attached hydrogen (secondary N) is 2. The molecule has 1 heterocycles. The summed E-state index contributed by atoms with van der Waals surface area (Å²) < 4.78 is 13.6. The maximum atomic E-state index is 13.6. The van der Waals surface area contributed by atoms with Crippen LogP contribution in [0.3, 0.4) is 0 Å². The van der Waals surface area contributed by atoms with Crippen LogP contribution < -0.4 is 10.6 Å². The van der Waals surface area contributed by atoms with Gasteiger partial charge in [-0.05, 0) is 35.7 Å². The summed E-state index contributed by atoms with van der Waals surface area (Å²) in [6, 6.07) is 15.4. The Balaban J connectivity index is 1.55. The first-order chi connectivity index (χ1) is 13.1. The average molecular weight is 385 g/mol. The zero-order valence-corrected chi connectivity index (χ0v) is 15.2. The molecular weight excluding hydrogens is 367 g/mol. The van der Waals surface area contributed by atoms with Crippen LogP contribution in [0.1, 0.15) is 21.6 Å². The van der Waals surface area contributed by atoms with Crippen molar-refractivity contribution in [2.24, 2.45) is 0 Å². The number of benzene rings is 2. The lowest BCUT2D eigenvalue weighted by molar-refractivity contribution is 0.0946. The van der Waals surface area contributed by atoms with Crippen LogP contribution in [0.4, 0.5) is 10.3 Å². The first-order valence-corrected chi connectivity index (χ1v) is 8.83. The first kappa shape index (κ1) is 18.8. The number of hydrogen-bond acceptors (Lipinski definition) is 4. The van der Waals surface area contributed by atoms with Gasteiger partial charge >= 0.3 is 0 Å². The van der Waals surface area contributed by atoms with Gasteiger partial charge in [-0.25, -0.2) is 14.4 Å². The van der Waals surface area contributed by atoms with Crippen LogP contribution in [0.25, 0.3) is 0 Å². The highest BCUT2D eigenvalue weighted by molar-refractivity contribution is 6.31. The fraction of sp³-hybridized carbons (Fsp3) is 0.150. The number of halogens is 2. The summed E-state index contributed by atoms with van der Waals surface area (Å²) in [6.45, 7) is 0.754. The fourth-order valence-electron chi connectivity index (χ4n) is 2.49. The minimum atomic E-state index is -0.325. The molecular formula is C20H18ClFN4O. The highest BCUT2D eigenvalue weighted by Crippen LogP contribution is 2.14. The minimum Gasteiger partial charge on any atom is -0.354 e. The van der Waals surface area contributed by atoms with Crippen molar-refractivity contribution in [3.63, 3.8) is 0 Å². The van der Waals surface area contributed by atoms with Gasteiger partial charge in [0.2, 0.25) is 5.95 Å². The van der Waals surface area contributed by atoms with Gasteiger partial charge in [0.05, 0.1) is 0 Å². The zero-order valence-electron chi connectivity index (χ0n) is 14.5. The molecule has 0 saturated carbocycles.